The second-order valence-electron chi connectivity index (χ2n) is 5.05. The van der Waals surface area contributed by atoms with Gasteiger partial charge in [0.2, 0.25) is 0 Å². The van der Waals surface area contributed by atoms with E-state index in [4.69, 9.17) is 0 Å². The summed E-state index contributed by atoms with van der Waals surface area (Å²) in [5.74, 6) is 5.65. The largest absolute Gasteiger partial charge is 0.478 e. The van der Waals surface area contributed by atoms with Crippen LogP contribution in [-0.2, 0) is 6.54 Å². The Kier molecular flexibility index (Phi) is 3.63. The number of benzene rings is 2. The van der Waals surface area contributed by atoms with Crippen LogP contribution in [0.25, 0.3) is 0 Å². The van der Waals surface area contributed by atoms with E-state index in [1.807, 2.05) is 43.3 Å². The zero-order valence-corrected chi connectivity index (χ0v) is 12.1. The van der Waals surface area contributed by atoms with E-state index < -0.39 is 5.97 Å². The Hall–Kier alpha value is -3.06. The van der Waals surface area contributed by atoms with Crippen molar-refractivity contribution in [2.75, 3.05) is 5.32 Å². The minimum atomic E-state index is -0.934. The molecular weight excluding hydrogens is 276 g/mol. The van der Waals surface area contributed by atoms with E-state index in [-0.39, 0.29) is 0 Å². The van der Waals surface area contributed by atoms with Gasteiger partial charge in [-0.25, -0.2) is 4.79 Å². The molecule has 0 radical (unpaired) electrons. The van der Waals surface area contributed by atoms with Gasteiger partial charge in [-0.05, 0) is 42.7 Å². The molecule has 108 valence electrons. The molecule has 4 heteroatoms. The second-order valence-corrected chi connectivity index (χ2v) is 5.05. The van der Waals surface area contributed by atoms with Crippen LogP contribution < -0.4 is 5.32 Å². The summed E-state index contributed by atoms with van der Waals surface area (Å²) in [6.45, 7) is 2.19. The lowest BCUT2D eigenvalue weighted by atomic mass is 10.0. The molecule has 2 aromatic rings. The summed E-state index contributed by atoms with van der Waals surface area (Å²) in [4.78, 5) is 15.6. The monoisotopic (exact) mass is 290 g/mol. The Morgan fingerprint density at radius 1 is 1.23 bits per heavy atom. The minimum Gasteiger partial charge on any atom is -0.478 e. The number of nitrogens with one attached hydrogen (secondary N) is 1. The van der Waals surface area contributed by atoms with Crippen LogP contribution in [0, 0.1) is 18.8 Å². The van der Waals surface area contributed by atoms with Gasteiger partial charge in [0.25, 0.3) is 0 Å². The highest BCUT2D eigenvalue weighted by Gasteiger charge is 2.18. The quantitative estimate of drug-likeness (QED) is 0.793. The summed E-state index contributed by atoms with van der Waals surface area (Å²) in [6, 6.07) is 13.2. The lowest BCUT2D eigenvalue weighted by molar-refractivity contribution is 0.0695. The van der Waals surface area contributed by atoms with E-state index in [1.54, 1.807) is 6.07 Å². The van der Waals surface area contributed by atoms with E-state index in [0.29, 0.717) is 23.5 Å². The van der Waals surface area contributed by atoms with Crippen molar-refractivity contribution in [1.82, 2.24) is 0 Å². The summed E-state index contributed by atoms with van der Waals surface area (Å²) < 4.78 is 0. The smallest absolute Gasteiger partial charge is 0.336 e. The van der Waals surface area contributed by atoms with Gasteiger partial charge in [0, 0.05) is 16.8 Å². The molecule has 0 bridgehead atoms. The number of anilines is 1. The molecule has 0 amide bonds. The first-order valence-electron chi connectivity index (χ1n) is 6.89. The van der Waals surface area contributed by atoms with Crippen molar-refractivity contribution in [2.45, 2.75) is 13.5 Å². The number of hydrogen-bond donors (Lipinski definition) is 2. The second kappa shape index (κ2) is 5.74. The first-order chi connectivity index (χ1) is 10.6. The molecule has 1 heterocycles. The molecule has 22 heavy (non-hydrogen) atoms. The van der Waals surface area contributed by atoms with Crippen LogP contribution in [0.5, 0.6) is 0 Å². The molecule has 0 saturated carbocycles. The number of carboxylic acids is 1. The SMILES string of the molecule is Cc1cc2c(c(C(=O)O)c1)CN=C(C#Cc1ccccc1)N2. The third-order valence-corrected chi connectivity index (χ3v) is 3.37. The number of nitrogens with zero attached hydrogens (tertiary/aromatic N) is 1. The van der Waals surface area contributed by atoms with E-state index >= 15 is 0 Å². The summed E-state index contributed by atoms with van der Waals surface area (Å²) in [5.41, 5.74) is 3.56. The van der Waals surface area contributed by atoms with Crippen LogP contribution in [0.15, 0.2) is 47.5 Å². The fourth-order valence-electron chi connectivity index (χ4n) is 2.34. The summed E-state index contributed by atoms with van der Waals surface area (Å²) in [6.07, 6.45) is 0. The summed E-state index contributed by atoms with van der Waals surface area (Å²) >= 11 is 0. The third-order valence-electron chi connectivity index (χ3n) is 3.37. The van der Waals surface area contributed by atoms with E-state index in [9.17, 15) is 9.90 Å². The third kappa shape index (κ3) is 2.84. The number of fused-ring (bicyclic) bond motifs is 1. The van der Waals surface area contributed by atoms with Crippen molar-refractivity contribution >= 4 is 17.5 Å². The van der Waals surface area contributed by atoms with Crippen LogP contribution in [0.1, 0.15) is 27.0 Å². The Labute approximate surface area is 128 Å². The highest BCUT2D eigenvalue weighted by atomic mass is 16.4. The van der Waals surface area contributed by atoms with Crippen LogP contribution in [0.2, 0.25) is 0 Å². The van der Waals surface area contributed by atoms with Crippen LogP contribution >= 0.6 is 0 Å². The van der Waals surface area contributed by atoms with Crippen LogP contribution in [0.3, 0.4) is 0 Å². The fraction of sp³-hybridized carbons (Fsp3) is 0.111. The predicted molar refractivity (Wildman–Crippen MR) is 86.2 cm³/mol. The zero-order chi connectivity index (χ0) is 15.5. The van der Waals surface area contributed by atoms with Gasteiger partial charge in [0.15, 0.2) is 5.84 Å². The number of carboxylic acid groups (broad SMARTS) is 1. The van der Waals surface area contributed by atoms with Crippen molar-refractivity contribution in [1.29, 1.82) is 0 Å². The number of aryl methyl sites for hydroxylation is 1. The molecule has 0 spiro atoms. The molecule has 3 rings (SSSR count). The van der Waals surface area contributed by atoms with Gasteiger partial charge >= 0.3 is 5.97 Å². The molecule has 0 aromatic heterocycles. The van der Waals surface area contributed by atoms with Gasteiger partial charge in [-0.2, -0.15) is 0 Å². The molecular formula is C18H14N2O2. The lowest BCUT2D eigenvalue weighted by Gasteiger charge is -2.18. The molecule has 1 aliphatic rings. The van der Waals surface area contributed by atoms with Gasteiger partial charge in [0.05, 0.1) is 12.1 Å². The fourth-order valence-corrected chi connectivity index (χ4v) is 2.34. The lowest BCUT2D eigenvalue weighted by Crippen LogP contribution is -2.18. The number of carbonyl (C=O) groups is 1. The van der Waals surface area contributed by atoms with Crippen molar-refractivity contribution in [2.24, 2.45) is 4.99 Å². The van der Waals surface area contributed by atoms with Gasteiger partial charge < -0.3 is 10.4 Å². The van der Waals surface area contributed by atoms with Crippen molar-refractivity contribution in [3.63, 3.8) is 0 Å². The van der Waals surface area contributed by atoms with Crippen molar-refractivity contribution < 1.29 is 9.90 Å². The first-order valence-corrected chi connectivity index (χ1v) is 6.89. The highest BCUT2D eigenvalue weighted by molar-refractivity contribution is 6.10. The van der Waals surface area contributed by atoms with Gasteiger partial charge in [0.1, 0.15) is 0 Å². The number of amidine groups is 1. The minimum absolute atomic E-state index is 0.293. The molecule has 0 aliphatic carbocycles. The molecule has 1 aliphatic heterocycles. The molecule has 0 saturated heterocycles. The maximum absolute atomic E-state index is 11.3. The molecule has 2 aromatic carbocycles. The Balaban J connectivity index is 1.90. The molecule has 0 atom stereocenters. The van der Waals surface area contributed by atoms with Gasteiger partial charge in [-0.1, -0.05) is 24.1 Å². The van der Waals surface area contributed by atoms with Crippen LogP contribution in [-0.4, -0.2) is 16.9 Å². The predicted octanol–water partition coefficient (Wildman–Crippen LogP) is 3.07. The molecule has 0 fully saturated rings. The van der Waals surface area contributed by atoms with E-state index in [0.717, 1.165) is 16.8 Å². The maximum atomic E-state index is 11.3. The van der Waals surface area contributed by atoms with Crippen LogP contribution in [0.4, 0.5) is 5.69 Å². The standard InChI is InChI=1S/C18H14N2O2/c1-12-9-14(18(21)22)15-11-19-17(20-16(15)10-12)8-7-13-5-3-2-4-6-13/h2-6,9-10H,11H2,1H3,(H,19,20)(H,21,22). The summed E-state index contributed by atoms with van der Waals surface area (Å²) in [5, 5.41) is 12.4. The molecule has 2 N–H and O–H groups in total. The topological polar surface area (TPSA) is 61.7 Å². The Bertz CT molecular complexity index is 827. The Morgan fingerprint density at radius 3 is 2.73 bits per heavy atom. The average molecular weight is 290 g/mol. The number of rotatable bonds is 1. The highest BCUT2D eigenvalue weighted by Crippen LogP contribution is 2.26. The maximum Gasteiger partial charge on any atom is 0.336 e. The van der Waals surface area contributed by atoms with Crippen molar-refractivity contribution in [3.05, 3.63) is 64.7 Å². The normalized spacial score (nSPS) is 12.3. The van der Waals surface area contributed by atoms with E-state index in [2.05, 4.69) is 22.2 Å². The van der Waals surface area contributed by atoms with E-state index in [1.165, 1.54) is 0 Å². The zero-order valence-electron chi connectivity index (χ0n) is 12.1. The van der Waals surface area contributed by atoms with Gasteiger partial charge in [-0.15, -0.1) is 0 Å². The molecule has 0 unspecified atom stereocenters. The molecule has 4 nitrogen and oxygen atoms in total. The van der Waals surface area contributed by atoms with Crippen molar-refractivity contribution in [3.8, 4) is 11.8 Å². The number of aromatic carboxylic acids is 1. The summed E-state index contributed by atoms with van der Waals surface area (Å²) in [7, 11) is 0. The number of hydrogen-bond acceptors (Lipinski definition) is 3. The first kappa shape index (κ1) is 13.9. The average Bonchev–Trinajstić information content (AvgIpc) is 2.52. The number of aliphatic imine (C=N–C) groups is 1. The Morgan fingerprint density at radius 2 is 2.00 bits per heavy atom. The van der Waals surface area contributed by atoms with Gasteiger partial charge in [-0.3, -0.25) is 4.99 Å².